The van der Waals surface area contributed by atoms with E-state index in [1.807, 2.05) is 27.2 Å². The van der Waals surface area contributed by atoms with Gasteiger partial charge in [0.2, 0.25) is 5.91 Å². The molecule has 3 unspecified atom stereocenters. The molecule has 0 aliphatic rings. The monoisotopic (exact) mass is 977 g/mol. The van der Waals surface area contributed by atoms with Gasteiger partial charge in [-0.15, -0.1) is 0 Å². The highest BCUT2D eigenvalue weighted by Crippen LogP contribution is 2.38. The number of quaternary nitrogens is 1. The predicted octanol–water partition coefficient (Wildman–Crippen LogP) is 16.9. The van der Waals surface area contributed by atoms with Crippen LogP contribution < -0.4 is 10.2 Å². The number of likely N-dealkylation sites (N-methyl/N-ethyl adjacent to an activating group) is 1. The summed E-state index contributed by atoms with van der Waals surface area (Å²) in [5.41, 5.74) is 0. The summed E-state index contributed by atoms with van der Waals surface area (Å²) in [5.74, 6) is -0.221. The van der Waals surface area contributed by atoms with Gasteiger partial charge in [-0.25, -0.2) is 0 Å². The summed E-state index contributed by atoms with van der Waals surface area (Å²) in [5, 5.41) is 13.8. The van der Waals surface area contributed by atoms with Crippen molar-refractivity contribution in [1.29, 1.82) is 0 Å². The van der Waals surface area contributed by atoms with Crippen molar-refractivity contribution in [3.05, 3.63) is 48.6 Å². The van der Waals surface area contributed by atoms with Gasteiger partial charge in [-0.3, -0.25) is 9.36 Å². The Balaban J connectivity index is 4.12. The Hall–Kier alpha value is -1.54. The molecule has 0 aliphatic heterocycles. The van der Waals surface area contributed by atoms with Crippen molar-refractivity contribution < 1.29 is 32.9 Å². The van der Waals surface area contributed by atoms with Gasteiger partial charge in [0.15, 0.2) is 0 Å². The maximum Gasteiger partial charge on any atom is 0.268 e. The van der Waals surface area contributed by atoms with Crippen LogP contribution in [0.4, 0.5) is 0 Å². The highest BCUT2D eigenvalue weighted by atomic mass is 31.2. The van der Waals surface area contributed by atoms with Gasteiger partial charge >= 0.3 is 0 Å². The largest absolute Gasteiger partial charge is 0.756 e. The first-order chi connectivity index (χ1) is 33.0. The van der Waals surface area contributed by atoms with Crippen LogP contribution >= 0.6 is 7.82 Å². The van der Waals surface area contributed by atoms with Crippen LogP contribution in [0.3, 0.4) is 0 Å². The standard InChI is InChI=1S/C59H113N2O6P/c1-6-8-10-12-14-16-18-20-22-23-24-25-26-27-28-29-30-31-32-33-34-35-36-37-38-39-40-42-44-46-48-50-52-58(62)57(56-67-68(64,65)66-55-54-61(3,4)5)60-59(63)53-51-49-47-45-43-41-21-19-17-15-13-11-9-7-2/h13,15,19,21,42,44,50,52,57-58,62H,6-12,14,16-18,20,22-41,43,45-49,51,53-56H2,1-5H3,(H-,60,63,64,65)/b15-13-,21-19-,44-42+,52-50+. The molecule has 1 amide bonds. The molecule has 0 aromatic rings. The number of hydrogen-bond acceptors (Lipinski definition) is 6. The summed E-state index contributed by atoms with van der Waals surface area (Å²) in [7, 11) is 1.23. The lowest BCUT2D eigenvalue weighted by Gasteiger charge is -2.29. The minimum absolute atomic E-state index is 0.0102. The van der Waals surface area contributed by atoms with Gasteiger partial charge < -0.3 is 28.8 Å². The fourth-order valence-corrected chi connectivity index (χ4v) is 9.15. The first-order valence-corrected chi connectivity index (χ1v) is 30.5. The van der Waals surface area contributed by atoms with E-state index in [0.29, 0.717) is 17.4 Å². The molecule has 0 rings (SSSR count). The van der Waals surface area contributed by atoms with Crippen molar-refractivity contribution in [2.24, 2.45) is 0 Å². The van der Waals surface area contributed by atoms with Gasteiger partial charge in [-0.05, 0) is 57.8 Å². The SMILES string of the molecule is CCCC/C=C\C/C=C\CCCCCCCC(=O)NC(COP(=O)([O-])OCC[N+](C)(C)C)C(O)/C=C/CC/C=C/CCCCCCCCCCCCCCCCCCCCCCCCCCCC. The number of phosphoric ester groups is 1. The van der Waals surface area contributed by atoms with Gasteiger partial charge in [0.1, 0.15) is 13.2 Å². The van der Waals surface area contributed by atoms with Crippen molar-refractivity contribution in [2.45, 2.75) is 283 Å². The number of rotatable bonds is 53. The zero-order valence-electron chi connectivity index (χ0n) is 45.6. The van der Waals surface area contributed by atoms with E-state index in [-0.39, 0.29) is 12.5 Å². The molecule has 0 fully saturated rings. The summed E-state index contributed by atoms with van der Waals surface area (Å²) in [6.07, 6.45) is 66.4. The molecule has 0 saturated heterocycles. The number of nitrogens with one attached hydrogen (secondary N) is 1. The smallest absolute Gasteiger partial charge is 0.268 e. The maximum absolute atomic E-state index is 12.9. The third-order valence-corrected chi connectivity index (χ3v) is 14.0. The first kappa shape index (κ1) is 66.5. The highest BCUT2D eigenvalue weighted by molar-refractivity contribution is 7.45. The summed E-state index contributed by atoms with van der Waals surface area (Å²) in [6.45, 7) is 4.59. The van der Waals surface area contributed by atoms with E-state index in [1.54, 1.807) is 6.08 Å². The molecule has 0 aromatic carbocycles. The third kappa shape index (κ3) is 52.3. The van der Waals surface area contributed by atoms with Crippen LogP contribution in [0.15, 0.2) is 48.6 Å². The van der Waals surface area contributed by atoms with E-state index >= 15 is 0 Å². The Labute approximate surface area is 422 Å². The van der Waals surface area contributed by atoms with Gasteiger partial charge in [0, 0.05) is 6.42 Å². The molecule has 0 aliphatic carbocycles. The number of amides is 1. The zero-order chi connectivity index (χ0) is 49.9. The molecule has 0 spiro atoms. The number of carbonyl (C=O) groups excluding carboxylic acids is 1. The Morgan fingerprint density at radius 1 is 0.515 bits per heavy atom. The maximum atomic E-state index is 12.9. The number of aliphatic hydroxyl groups is 1. The van der Waals surface area contributed by atoms with Gasteiger partial charge in [0.05, 0.1) is 39.9 Å². The van der Waals surface area contributed by atoms with Crippen molar-refractivity contribution in [2.75, 3.05) is 40.9 Å². The molecule has 68 heavy (non-hydrogen) atoms. The number of nitrogens with zero attached hydrogens (tertiary/aromatic N) is 1. The Morgan fingerprint density at radius 2 is 0.882 bits per heavy atom. The second-order valence-corrected chi connectivity index (χ2v) is 22.4. The van der Waals surface area contributed by atoms with Crippen molar-refractivity contribution in [3.63, 3.8) is 0 Å². The van der Waals surface area contributed by atoms with Gasteiger partial charge in [-0.1, -0.05) is 255 Å². The summed E-state index contributed by atoms with van der Waals surface area (Å²) in [4.78, 5) is 25.4. The van der Waals surface area contributed by atoms with Crippen molar-refractivity contribution in [1.82, 2.24) is 5.32 Å². The van der Waals surface area contributed by atoms with E-state index in [2.05, 4.69) is 55.6 Å². The molecule has 3 atom stereocenters. The summed E-state index contributed by atoms with van der Waals surface area (Å²) >= 11 is 0. The van der Waals surface area contributed by atoms with Gasteiger partial charge in [0.25, 0.3) is 7.82 Å². The lowest BCUT2D eigenvalue weighted by Crippen LogP contribution is -2.45. The summed E-state index contributed by atoms with van der Waals surface area (Å²) < 4.78 is 23.3. The molecular formula is C59H113N2O6P. The highest BCUT2D eigenvalue weighted by Gasteiger charge is 2.23. The minimum Gasteiger partial charge on any atom is -0.756 e. The third-order valence-electron chi connectivity index (χ3n) is 13.0. The average Bonchev–Trinajstić information content (AvgIpc) is 3.30. The molecule has 0 bridgehead atoms. The van der Waals surface area contributed by atoms with Crippen LogP contribution in [-0.4, -0.2) is 68.5 Å². The quantitative estimate of drug-likeness (QED) is 0.0272. The topological polar surface area (TPSA) is 108 Å². The van der Waals surface area contributed by atoms with E-state index in [4.69, 9.17) is 9.05 Å². The number of carbonyl (C=O) groups is 1. The van der Waals surface area contributed by atoms with E-state index in [9.17, 15) is 19.4 Å². The molecule has 0 heterocycles. The predicted molar refractivity (Wildman–Crippen MR) is 293 cm³/mol. The zero-order valence-corrected chi connectivity index (χ0v) is 46.5. The Morgan fingerprint density at radius 3 is 1.32 bits per heavy atom. The van der Waals surface area contributed by atoms with Crippen LogP contribution in [0.2, 0.25) is 0 Å². The molecule has 2 N–H and O–H groups in total. The molecule has 400 valence electrons. The van der Waals surface area contributed by atoms with Crippen molar-refractivity contribution >= 4 is 13.7 Å². The van der Waals surface area contributed by atoms with Gasteiger partial charge in [-0.2, -0.15) is 0 Å². The molecule has 9 heteroatoms. The number of hydrogen-bond donors (Lipinski definition) is 2. The normalized spacial score (nSPS) is 14.3. The molecule has 0 radical (unpaired) electrons. The minimum atomic E-state index is -4.61. The van der Waals surface area contributed by atoms with Crippen LogP contribution in [0.25, 0.3) is 0 Å². The molecular weight excluding hydrogens is 864 g/mol. The second-order valence-electron chi connectivity index (χ2n) is 21.0. The lowest BCUT2D eigenvalue weighted by molar-refractivity contribution is -0.870. The van der Waals surface area contributed by atoms with Crippen LogP contribution in [0, 0.1) is 0 Å². The average molecular weight is 978 g/mol. The number of aliphatic hydroxyl groups excluding tert-OH is 1. The van der Waals surface area contributed by atoms with Crippen LogP contribution in [0.1, 0.15) is 271 Å². The fourth-order valence-electron chi connectivity index (χ4n) is 8.42. The van der Waals surface area contributed by atoms with E-state index in [0.717, 1.165) is 64.2 Å². The van der Waals surface area contributed by atoms with Crippen LogP contribution in [0.5, 0.6) is 0 Å². The Bertz CT molecular complexity index is 1250. The lowest BCUT2D eigenvalue weighted by atomic mass is 10.0. The molecule has 0 saturated carbocycles. The number of phosphoric acid groups is 1. The number of unbranched alkanes of at least 4 members (excludes halogenated alkanes) is 34. The fraction of sp³-hybridized carbons (Fsp3) is 0.847. The molecule has 0 aromatic heterocycles. The Kier molecular flexibility index (Phi) is 49.3. The van der Waals surface area contributed by atoms with E-state index < -0.39 is 26.6 Å². The number of allylic oxidation sites excluding steroid dienone is 7. The summed E-state index contributed by atoms with van der Waals surface area (Å²) in [6, 6.07) is -0.912. The molecule has 8 nitrogen and oxygen atoms in total. The second kappa shape index (κ2) is 50.4. The van der Waals surface area contributed by atoms with E-state index in [1.165, 1.54) is 186 Å². The van der Waals surface area contributed by atoms with Crippen LogP contribution in [-0.2, 0) is 18.4 Å². The van der Waals surface area contributed by atoms with Crippen molar-refractivity contribution in [3.8, 4) is 0 Å². The first-order valence-electron chi connectivity index (χ1n) is 29.0.